The summed E-state index contributed by atoms with van der Waals surface area (Å²) in [6.45, 7) is -0.320. The molecular formula is C19H16N2O4S. The maximum Gasteiger partial charge on any atom is 0.294 e. The summed E-state index contributed by atoms with van der Waals surface area (Å²) in [4.78, 5) is 37.9. The summed E-state index contributed by atoms with van der Waals surface area (Å²) in [6, 6.07) is 16.0. The molecule has 1 heterocycles. The molecule has 0 atom stereocenters. The molecule has 0 bridgehead atoms. The van der Waals surface area contributed by atoms with Gasteiger partial charge in [-0.15, -0.1) is 0 Å². The zero-order valence-electron chi connectivity index (χ0n) is 14.0. The van der Waals surface area contributed by atoms with Gasteiger partial charge in [-0.3, -0.25) is 19.3 Å². The van der Waals surface area contributed by atoms with E-state index >= 15 is 0 Å². The van der Waals surface area contributed by atoms with Crippen LogP contribution < -0.4 is 10.1 Å². The van der Waals surface area contributed by atoms with Crippen molar-refractivity contribution in [1.29, 1.82) is 0 Å². The van der Waals surface area contributed by atoms with Crippen molar-refractivity contribution in [2.75, 3.05) is 19.0 Å². The third kappa shape index (κ3) is 4.12. The average Bonchev–Trinajstić information content (AvgIpc) is 2.90. The van der Waals surface area contributed by atoms with Gasteiger partial charge in [-0.2, -0.15) is 0 Å². The van der Waals surface area contributed by atoms with Crippen molar-refractivity contribution in [3.05, 3.63) is 65.1 Å². The summed E-state index contributed by atoms with van der Waals surface area (Å²) in [5, 5.41) is 2.20. The zero-order chi connectivity index (χ0) is 18.5. The van der Waals surface area contributed by atoms with Crippen molar-refractivity contribution < 1.29 is 19.1 Å². The van der Waals surface area contributed by atoms with Crippen LogP contribution in [-0.2, 0) is 9.59 Å². The summed E-state index contributed by atoms with van der Waals surface area (Å²) in [5.74, 6) is -0.198. The van der Waals surface area contributed by atoms with Gasteiger partial charge < -0.3 is 10.1 Å². The predicted octanol–water partition coefficient (Wildman–Crippen LogP) is 3.37. The van der Waals surface area contributed by atoms with E-state index < -0.39 is 17.1 Å². The van der Waals surface area contributed by atoms with Crippen molar-refractivity contribution in [3.8, 4) is 5.75 Å². The second kappa shape index (κ2) is 7.88. The molecule has 0 radical (unpaired) electrons. The summed E-state index contributed by atoms with van der Waals surface area (Å²) >= 11 is 0.822. The van der Waals surface area contributed by atoms with Crippen LogP contribution in [0.4, 0.5) is 10.5 Å². The average molecular weight is 368 g/mol. The number of rotatable bonds is 5. The monoisotopic (exact) mass is 368 g/mol. The number of hydrogen-bond donors (Lipinski definition) is 1. The van der Waals surface area contributed by atoms with Crippen LogP contribution in [0, 0.1) is 0 Å². The molecule has 2 aromatic carbocycles. The molecule has 3 amide bonds. The Kier molecular flexibility index (Phi) is 5.38. The van der Waals surface area contributed by atoms with E-state index in [2.05, 4.69) is 5.32 Å². The molecule has 2 aromatic rings. The van der Waals surface area contributed by atoms with Gasteiger partial charge in [0, 0.05) is 5.69 Å². The number of benzene rings is 2. The lowest BCUT2D eigenvalue weighted by atomic mass is 10.2. The number of nitrogens with one attached hydrogen (secondary N) is 1. The standard InChI is InChI=1S/C19H16N2O4S/c1-25-15-9-7-13(8-10-15)11-16-18(23)21(19(24)26-16)12-17(22)20-14-5-3-2-4-6-14/h2-11H,12H2,1H3,(H,20,22)/b16-11-. The predicted molar refractivity (Wildman–Crippen MR) is 101 cm³/mol. The van der Waals surface area contributed by atoms with Crippen molar-refractivity contribution >= 4 is 40.6 Å². The molecule has 1 aliphatic rings. The van der Waals surface area contributed by atoms with Gasteiger partial charge in [0.25, 0.3) is 11.1 Å². The number of amides is 3. The number of nitrogens with zero attached hydrogens (tertiary/aromatic N) is 1. The Bertz CT molecular complexity index is 863. The van der Waals surface area contributed by atoms with E-state index in [0.29, 0.717) is 11.4 Å². The van der Waals surface area contributed by atoms with Gasteiger partial charge in [-0.05, 0) is 47.7 Å². The third-order valence-electron chi connectivity index (χ3n) is 3.65. The minimum Gasteiger partial charge on any atom is -0.497 e. The number of carbonyl (C=O) groups is 3. The van der Waals surface area contributed by atoms with Crippen LogP contribution in [-0.4, -0.2) is 35.6 Å². The van der Waals surface area contributed by atoms with E-state index in [-0.39, 0.29) is 11.4 Å². The highest BCUT2D eigenvalue weighted by molar-refractivity contribution is 8.18. The van der Waals surface area contributed by atoms with Gasteiger partial charge in [0.2, 0.25) is 5.91 Å². The van der Waals surface area contributed by atoms with Gasteiger partial charge in [0.05, 0.1) is 12.0 Å². The zero-order valence-corrected chi connectivity index (χ0v) is 14.8. The highest BCUT2D eigenvalue weighted by atomic mass is 32.2. The fourth-order valence-corrected chi connectivity index (χ4v) is 3.19. The molecule has 1 N–H and O–H groups in total. The fraction of sp³-hybridized carbons (Fsp3) is 0.105. The molecule has 1 fully saturated rings. The van der Waals surface area contributed by atoms with Crippen LogP contribution in [0.25, 0.3) is 6.08 Å². The molecule has 0 spiro atoms. The number of ether oxygens (including phenoxy) is 1. The largest absolute Gasteiger partial charge is 0.497 e. The van der Waals surface area contributed by atoms with Crippen molar-refractivity contribution in [1.82, 2.24) is 4.90 Å². The molecule has 1 saturated heterocycles. The quantitative estimate of drug-likeness (QED) is 0.819. The lowest BCUT2D eigenvalue weighted by Crippen LogP contribution is -2.36. The summed E-state index contributed by atoms with van der Waals surface area (Å²) < 4.78 is 5.09. The Morgan fingerprint density at radius 3 is 2.46 bits per heavy atom. The SMILES string of the molecule is COc1ccc(/C=C2\SC(=O)N(CC(=O)Nc3ccccc3)C2=O)cc1. The molecule has 0 aromatic heterocycles. The van der Waals surface area contributed by atoms with Crippen LogP contribution in [0.15, 0.2) is 59.5 Å². The number of hydrogen-bond acceptors (Lipinski definition) is 5. The number of methoxy groups -OCH3 is 1. The van der Waals surface area contributed by atoms with E-state index in [1.54, 1.807) is 61.7 Å². The second-order valence-electron chi connectivity index (χ2n) is 5.46. The van der Waals surface area contributed by atoms with Crippen LogP contribution in [0.1, 0.15) is 5.56 Å². The Hall–Kier alpha value is -3.06. The van der Waals surface area contributed by atoms with Gasteiger partial charge in [-0.1, -0.05) is 30.3 Å². The summed E-state index contributed by atoms with van der Waals surface area (Å²) in [7, 11) is 1.57. The molecule has 0 aliphatic carbocycles. The molecule has 1 aliphatic heterocycles. The van der Waals surface area contributed by atoms with Crippen molar-refractivity contribution in [2.24, 2.45) is 0 Å². The summed E-state index contributed by atoms with van der Waals surface area (Å²) in [6.07, 6.45) is 1.62. The van der Waals surface area contributed by atoms with Crippen LogP contribution >= 0.6 is 11.8 Å². The first kappa shape index (κ1) is 17.8. The second-order valence-corrected chi connectivity index (χ2v) is 6.45. The normalized spacial score (nSPS) is 15.4. The van der Waals surface area contributed by atoms with E-state index in [0.717, 1.165) is 22.2 Å². The van der Waals surface area contributed by atoms with Crippen molar-refractivity contribution in [3.63, 3.8) is 0 Å². The number of anilines is 1. The fourth-order valence-electron chi connectivity index (χ4n) is 2.35. The third-order valence-corrected chi connectivity index (χ3v) is 4.55. The minimum absolute atomic E-state index is 0.285. The number of para-hydroxylation sites is 1. The van der Waals surface area contributed by atoms with E-state index in [1.807, 2.05) is 6.07 Å². The Balaban J connectivity index is 1.68. The molecular weight excluding hydrogens is 352 g/mol. The Morgan fingerprint density at radius 2 is 1.81 bits per heavy atom. The van der Waals surface area contributed by atoms with E-state index in [9.17, 15) is 14.4 Å². The molecule has 0 unspecified atom stereocenters. The lowest BCUT2D eigenvalue weighted by Gasteiger charge is -2.12. The maximum absolute atomic E-state index is 12.4. The molecule has 26 heavy (non-hydrogen) atoms. The molecule has 3 rings (SSSR count). The maximum atomic E-state index is 12.4. The lowest BCUT2D eigenvalue weighted by molar-refractivity contribution is -0.127. The highest BCUT2D eigenvalue weighted by Gasteiger charge is 2.36. The van der Waals surface area contributed by atoms with Gasteiger partial charge in [-0.25, -0.2) is 0 Å². The number of carbonyl (C=O) groups excluding carboxylic acids is 3. The van der Waals surface area contributed by atoms with E-state index in [4.69, 9.17) is 4.74 Å². The minimum atomic E-state index is -0.473. The highest BCUT2D eigenvalue weighted by Crippen LogP contribution is 2.32. The first-order chi connectivity index (χ1) is 12.6. The number of imide groups is 1. The van der Waals surface area contributed by atoms with Crippen molar-refractivity contribution in [2.45, 2.75) is 0 Å². The van der Waals surface area contributed by atoms with Crippen LogP contribution in [0.3, 0.4) is 0 Å². The first-order valence-corrected chi connectivity index (χ1v) is 8.63. The number of thioether (sulfide) groups is 1. The first-order valence-electron chi connectivity index (χ1n) is 7.81. The smallest absolute Gasteiger partial charge is 0.294 e. The molecule has 132 valence electrons. The van der Waals surface area contributed by atoms with Gasteiger partial charge >= 0.3 is 0 Å². The molecule has 7 heteroatoms. The van der Waals surface area contributed by atoms with E-state index in [1.165, 1.54) is 0 Å². The Morgan fingerprint density at radius 1 is 1.12 bits per heavy atom. The Labute approximate surface area is 154 Å². The summed E-state index contributed by atoms with van der Waals surface area (Å²) in [5.41, 5.74) is 1.38. The van der Waals surface area contributed by atoms with Crippen LogP contribution in [0.2, 0.25) is 0 Å². The molecule has 0 saturated carbocycles. The topological polar surface area (TPSA) is 75.7 Å². The van der Waals surface area contributed by atoms with Crippen LogP contribution in [0.5, 0.6) is 5.75 Å². The van der Waals surface area contributed by atoms with Gasteiger partial charge in [0.1, 0.15) is 12.3 Å². The molecule has 6 nitrogen and oxygen atoms in total. The van der Waals surface area contributed by atoms with Gasteiger partial charge in [0.15, 0.2) is 0 Å².